The predicted octanol–water partition coefficient (Wildman–Crippen LogP) is 0.604. The molecule has 98 valence electrons. The third kappa shape index (κ3) is 2.44. The van der Waals surface area contributed by atoms with E-state index in [4.69, 9.17) is 5.11 Å². The SMILES string of the molecule is C[C@@H]1CN(C(=O)Nc2ccn(C)n2)C[C@H]1C(=O)O. The van der Waals surface area contributed by atoms with Gasteiger partial charge in [-0.3, -0.25) is 14.8 Å². The molecule has 1 aliphatic rings. The molecule has 0 aliphatic carbocycles. The first-order valence-electron chi connectivity index (χ1n) is 5.75. The molecule has 0 radical (unpaired) electrons. The molecular weight excluding hydrogens is 236 g/mol. The van der Waals surface area contributed by atoms with E-state index < -0.39 is 11.9 Å². The maximum absolute atomic E-state index is 11.9. The van der Waals surface area contributed by atoms with Gasteiger partial charge in [-0.25, -0.2) is 4.79 Å². The minimum atomic E-state index is -0.851. The Morgan fingerprint density at radius 1 is 1.50 bits per heavy atom. The van der Waals surface area contributed by atoms with Crippen LogP contribution >= 0.6 is 0 Å². The van der Waals surface area contributed by atoms with E-state index in [1.807, 2.05) is 6.92 Å². The summed E-state index contributed by atoms with van der Waals surface area (Å²) >= 11 is 0. The van der Waals surface area contributed by atoms with Gasteiger partial charge in [-0.1, -0.05) is 6.92 Å². The molecule has 0 bridgehead atoms. The Morgan fingerprint density at radius 2 is 2.22 bits per heavy atom. The summed E-state index contributed by atoms with van der Waals surface area (Å²) in [6.07, 6.45) is 1.72. The second-order valence-corrected chi connectivity index (χ2v) is 4.63. The van der Waals surface area contributed by atoms with Gasteiger partial charge in [-0.05, 0) is 5.92 Å². The number of carbonyl (C=O) groups excluding carboxylic acids is 1. The summed E-state index contributed by atoms with van der Waals surface area (Å²) in [6.45, 7) is 2.54. The van der Waals surface area contributed by atoms with Crippen LogP contribution in [0.4, 0.5) is 10.6 Å². The molecule has 0 aromatic carbocycles. The van der Waals surface area contributed by atoms with Crippen molar-refractivity contribution < 1.29 is 14.7 Å². The Kier molecular flexibility index (Phi) is 3.22. The Hall–Kier alpha value is -2.05. The number of nitrogens with zero attached hydrogens (tertiary/aromatic N) is 3. The van der Waals surface area contributed by atoms with Crippen LogP contribution in [0.5, 0.6) is 0 Å². The number of urea groups is 1. The van der Waals surface area contributed by atoms with Crippen molar-refractivity contribution >= 4 is 17.8 Å². The second kappa shape index (κ2) is 4.67. The van der Waals surface area contributed by atoms with Crippen LogP contribution in [0.25, 0.3) is 0 Å². The lowest BCUT2D eigenvalue weighted by atomic mass is 9.99. The lowest BCUT2D eigenvalue weighted by Crippen LogP contribution is -2.34. The van der Waals surface area contributed by atoms with Crippen molar-refractivity contribution in [2.24, 2.45) is 18.9 Å². The number of hydrogen-bond donors (Lipinski definition) is 2. The maximum Gasteiger partial charge on any atom is 0.323 e. The van der Waals surface area contributed by atoms with Gasteiger partial charge in [0.05, 0.1) is 5.92 Å². The van der Waals surface area contributed by atoms with E-state index in [0.29, 0.717) is 12.4 Å². The number of likely N-dealkylation sites (tertiary alicyclic amines) is 1. The summed E-state index contributed by atoms with van der Waals surface area (Å²) in [6, 6.07) is 1.39. The van der Waals surface area contributed by atoms with E-state index in [2.05, 4.69) is 10.4 Å². The topological polar surface area (TPSA) is 87.5 Å². The molecule has 1 aromatic heterocycles. The molecule has 0 saturated carbocycles. The third-order valence-corrected chi connectivity index (χ3v) is 3.17. The molecule has 18 heavy (non-hydrogen) atoms. The minimum Gasteiger partial charge on any atom is -0.481 e. The summed E-state index contributed by atoms with van der Waals surface area (Å²) < 4.78 is 1.59. The molecule has 0 unspecified atom stereocenters. The lowest BCUT2D eigenvalue weighted by molar-refractivity contribution is -0.142. The van der Waals surface area contributed by atoms with E-state index >= 15 is 0 Å². The zero-order valence-corrected chi connectivity index (χ0v) is 10.3. The Balaban J connectivity index is 1.97. The fraction of sp³-hybridized carbons (Fsp3) is 0.545. The fourth-order valence-corrected chi connectivity index (χ4v) is 2.12. The molecule has 1 saturated heterocycles. The Bertz CT molecular complexity index is 471. The standard InChI is InChI=1S/C11H16N4O3/c1-7-5-15(6-8(7)10(16)17)11(18)12-9-3-4-14(2)13-9/h3-4,7-8H,5-6H2,1-2H3,(H,16,17)(H,12,13,18)/t7-,8-/m1/s1. The summed E-state index contributed by atoms with van der Waals surface area (Å²) in [7, 11) is 1.76. The molecule has 2 N–H and O–H groups in total. The molecule has 7 nitrogen and oxygen atoms in total. The van der Waals surface area contributed by atoms with Crippen LogP contribution in [0.15, 0.2) is 12.3 Å². The monoisotopic (exact) mass is 252 g/mol. The van der Waals surface area contributed by atoms with E-state index in [1.165, 1.54) is 4.90 Å². The first-order valence-corrected chi connectivity index (χ1v) is 5.75. The van der Waals surface area contributed by atoms with Gasteiger partial charge < -0.3 is 10.0 Å². The van der Waals surface area contributed by atoms with Crippen molar-refractivity contribution in [3.05, 3.63) is 12.3 Å². The van der Waals surface area contributed by atoms with Gasteiger partial charge in [0, 0.05) is 32.4 Å². The summed E-state index contributed by atoms with van der Waals surface area (Å²) in [5.74, 6) is -0.902. The predicted molar refractivity (Wildman–Crippen MR) is 64.1 cm³/mol. The van der Waals surface area contributed by atoms with Gasteiger partial charge in [-0.2, -0.15) is 5.10 Å². The molecule has 2 amide bonds. The average Bonchev–Trinajstić information content (AvgIpc) is 2.85. The molecule has 0 spiro atoms. The highest BCUT2D eigenvalue weighted by atomic mass is 16.4. The normalized spacial score (nSPS) is 23.1. The summed E-state index contributed by atoms with van der Waals surface area (Å²) in [4.78, 5) is 24.4. The van der Waals surface area contributed by atoms with Crippen LogP contribution in [0.2, 0.25) is 0 Å². The quantitative estimate of drug-likeness (QED) is 0.807. The van der Waals surface area contributed by atoms with E-state index in [-0.39, 0.29) is 18.5 Å². The Morgan fingerprint density at radius 3 is 2.72 bits per heavy atom. The maximum atomic E-state index is 11.9. The highest BCUT2D eigenvalue weighted by Crippen LogP contribution is 2.23. The summed E-state index contributed by atoms with van der Waals surface area (Å²) in [5.41, 5.74) is 0. The van der Waals surface area contributed by atoms with Crippen LogP contribution in [0.1, 0.15) is 6.92 Å². The summed E-state index contributed by atoms with van der Waals surface area (Å²) in [5, 5.41) is 15.7. The van der Waals surface area contributed by atoms with Crippen molar-refractivity contribution in [2.75, 3.05) is 18.4 Å². The number of nitrogens with one attached hydrogen (secondary N) is 1. The first kappa shape index (κ1) is 12.4. The number of aromatic nitrogens is 2. The lowest BCUT2D eigenvalue weighted by Gasteiger charge is -2.15. The molecule has 2 atom stereocenters. The first-order chi connectivity index (χ1) is 8.47. The number of aliphatic carboxylic acids is 1. The van der Waals surface area contributed by atoms with E-state index in [1.54, 1.807) is 24.0 Å². The molecule has 7 heteroatoms. The van der Waals surface area contributed by atoms with Crippen LogP contribution in [0, 0.1) is 11.8 Å². The van der Waals surface area contributed by atoms with Crippen molar-refractivity contribution in [3.63, 3.8) is 0 Å². The van der Waals surface area contributed by atoms with Gasteiger partial charge in [-0.15, -0.1) is 0 Å². The van der Waals surface area contributed by atoms with E-state index in [9.17, 15) is 9.59 Å². The van der Waals surface area contributed by atoms with Crippen LogP contribution in [-0.2, 0) is 11.8 Å². The average molecular weight is 252 g/mol. The number of carboxylic acids is 1. The third-order valence-electron chi connectivity index (χ3n) is 3.17. The molecule has 1 aromatic rings. The van der Waals surface area contributed by atoms with Crippen molar-refractivity contribution in [3.8, 4) is 0 Å². The van der Waals surface area contributed by atoms with Crippen LogP contribution in [-0.4, -0.2) is 44.9 Å². The molecule has 1 fully saturated rings. The molecular formula is C11H16N4O3. The number of anilines is 1. The van der Waals surface area contributed by atoms with Crippen LogP contribution < -0.4 is 5.32 Å². The fourth-order valence-electron chi connectivity index (χ4n) is 2.12. The van der Waals surface area contributed by atoms with Gasteiger partial charge in [0.2, 0.25) is 0 Å². The van der Waals surface area contributed by atoms with Gasteiger partial charge in [0.1, 0.15) is 0 Å². The zero-order chi connectivity index (χ0) is 13.3. The number of rotatable bonds is 2. The number of hydrogen-bond acceptors (Lipinski definition) is 3. The van der Waals surface area contributed by atoms with Crippen LogP contribution in [0.3, 0.4) is 0 Å². The van der Waals surface area contributed by atoms with E-state index in [0.717, 1.165) is 0 Å². The van der Waals surface area contributed by atoms with Gasteiger partial charge in [0.15, 0.2) is 5.82 Å². The molecule has 2 rings (SSSR count). The number of carbonyl (C=O) groups is 2. The van der Waals surface area contributed by atoms with Gasteiger partial charge >= 0.3 is 12.0 Å². The second-order valence-electron chi connectivity index (χ2n) is 4.63. The number of aryl methyl sites for hydroxylation is 1. The van der Waals surface area contributed by atoms with Gasteiger partial charge in [0.25, 0.3) is 0 Å². The molecule has 1 aliphatic heterocycles. The highest BCUT2D eigenvalue weighted by molar-refractivity contribution is 5.89. The number of carboxylic acid groups (broad SMARTS) is 1. The largest absolute Gasteiger partial charge is 0.481 e. The zero-order valence-electron chi connectivity index (χ0n) is 10.3. The van der Waals surface area contributed by atoms with Crippen molar-refractivity contribution in [2.45, 2.75) is 6.92 Å². The smallest absolute Gasteiger partial charge is 0.323 e. The van der Waals surface area contributed by atoms with Crippen molar-refractivity contribution in [1.82, 2.24) is 14.7 Å². The highest BCUT2D eigenvalue weighted by Gasteiger charge is 2.37. The molecule has 2 heterocycles. The van der Waals surface area contributed by atoms with Crippen molar-refractivity contribution in [1.29, 1.82) is 0 Å². The minimum absolute atomic E-state index is 0.0306. The Labute approximate surface area is 104 Å². The number of amides is 2.